The minimum Gasteiger partial charge on any atom is -0.282 e. The van der Waals surface area contributed by atoms with Gasteiger partial charge in [0.1, 0.15) is 4.90 Å². The van der Waals surface area contributed by atoms with E-state index < -0.39 is 10.1 Å². The lowest BCUT2D eigenvalue weighted by Crippen LogP contribution is -1.98. The summed E-state index contributed by atoms with van der Waals surface area (Å²) in [5, 5.41) is 9.28. The second kappa shape index (κ2) is 6.34. The van der Waals surface area contributed by atoms with Gasteiger partial charge >= 0.3 is 0 Å². The molecule has 3 aromatic carbocycles. The molecule has 0 saturated heterocycles. The molecule has 0 aliphatic carbocycles. The Morgan fingerprint density at radius 1 is 0.870 bits per heavy atom. The summed E-state index contributed by atoms with van der Waals surface area (Å²) in [6.45, 7) is 0. The smallest absolute Gasteiger partial charge is 0.282 e. The van der Waals surface area contributed by atoms with Gasteiger partial charge in [-0.05, 0) is 64.4 Å². The van der Waals surface area contributed by atoms with Crippen molar-refractivity contribution >= 4 is 54.9 Å². The van der Waals surface area contributed by atoms with Crippen LogP contribution in [-0.2, 0) is 10.1 Å². The Balaban J connectivity index is 2.10. The first-order valence-electron chi connectivity index (χ1n) is 6.61. The van der Waals surface area contributed by atoms with Crippen LogP contribution in [0.2, 0.25) is 0 Å². The van der Waals surface area contributed by atoms with Gasteiger partial charge in [-0.3, -0.25) is 4.55 Å². The fraction of sp³-hybridized carbons (Fsp3) is 0. The van der Waals surface area contributed by atoms with Crippen molar-refractivity contribution in [1.82, 2.24) is 0 Å². The van der Waals surface area contributed by atoms with E-state index in [0.717, 1.165) is 3.57 Å². The fourth-order valence-corrected chi connectivity index (χ4v) is 3.25. The molecular formula is C16H11IN2O3S. The number of fused-ring (bicyclic) bond motifs is 1. The van der Waals surface area contributed by atoms with E-state index in [1.54, 1.807) is 30.3 Å². The van der Waals surface area contributed by atoms with Crippen molar-refractivity contribution in [2.24, 2.45) is 10.2 Å². The summed E-state index contributed by atoms with van der Waals surface area (Å²) in [4.78, 5) is -0.174. The van der Waals surface area contributed by atoms with Gasteiger partial charge in [-0.2, -0.15) is 18.6 Å². The van der Waals surface area contributed by atoms with Gasteiger partial charge in [0.2, 0.25) is 0 Å². The van der Waals surface area contributed by atoms with E-state index in [1.807, 2.05) is 24.3 Å². The summed E-state index contributed by atoms with van der Waals surface area (Å²) in [6, 6.07) is 17.4. The molecule has 0 fully saturated rings. The van der Waals surface area contributed by atoms with E-state index in [2.05, 4.69) is 32.8 Å². The number of hydrogen-bond donors (Lipinski definition) is 1. The number of nitrogens with zero attached hydrogens (tertiary/aromatic N) is 2. The monoisotopic (exact) mass is 438 g/mol. The molecule has 5 nitrogen and oxygen atoms in total. The van der Waals surface area contributed by atoms with Crippen molar-refractivity contribution in [2.45, 2.75) is 4.90 Å². The number of hydrogen-bond acceptors (Lipinski definition) is 4. The van der Waals surface area contributed by atoms with Crippen LogP contribution in [0.1, 0.15) is 0 Å². The summed E-state index contributed by atoms with van der Waals surface area (Å²) in [5.41, 5.74) is 1.02. The third-order valence-electron chi connectivity index (χ3n) is 3.19. The van der Waals surface area contributed by atoms with Crippen molar-refractivity contribution in [1.29, 1.82) is 0 Å². The molecule has 0 atom stereocenters. The van der Waals surface area contributed by atoms with Crippen LogP contribution in [0.3, 0.4) is 0 Å². The van der Waals surface area contributed by atoms with Gasteiger partial charge in [-0.1, -0.05) is 24.3 Å². The first kappa shape index (κ1) is 16.0. The van der Waals surface area contributed by atoms with Crippen LogP contribution in [0.15, 0.2) is 75.8 Å². The minimum atomic E-state index is -4.34. The van der Waals surface area contributed by atoms with Crippen molar-refractivity contribution in [3.05, 3.63) is 64.2 Å². The average molecular weight is 438 g/mol. The first-order chi connectivity index (χ1) is 10.9. The summed E-state index contributed by atoms with van der Waals surface area (Å²) in [6.07, 6.45) is 0. The largest absolute Gasteiger partial charge is 0.295 e. The van der Waals surface area contributed by atoms with Gasteiger partial charge in [0, 0.05) is 8.96 Å². The van der Waals surface area contributed by atoms with Gasteiger partial charge in [0.25, 0.3) is 10.1 Å². The molecule has 0 aliphatic rings. The molecule has 0 heterocycles. The Morgan fingerprint density at radius 2 is 1.52 bits per heavy atom. The lowest BCUT2D eigenvalue weighted by atomic mass is 10.1. The SMILES string of the molecule is O=S(=O)(O)c1cc(/N=N/c2ccc(I)cc2)cc2ccccc12. The second-order valence-electron chi connectivity index (χ2n) is 4.82. The van der Waals surface area contributed by atoms with Crippen LogP contribution in [-0.4, -0.2) is 13.0 Å². The topological polar surface area (TPSA) is 79.1 Å². The van der Waals surface area contributed by atoms with Gasteiger partial charge < -0.3 is 0 Å². The second-order valence-corrected chi connectivity index (χ2v) is 7.45. The highest BCUT2D eigenvalue weighted by atomic mass is 127. The number of rotatable bonds is 3. The first-order valence-corrected chi connectivity index (χ1v) is 9.13. The molecule has 0 bridgehead atoms. The zero-order valence-electron chi connectivity index (χ0n) is 11.7. The standard InChI is InChI=1S/C16H11IN2O3S/c17-12-5-7-13(8-6-12)18-19-14-9-11-3-1-2-4-15(11)16(10-14)23(20,21)22/h1-10H,(H,20,21,22)/b19-18+. The average Bonchev–Trinajstić information content (AvgIpc) is 2.52. The van der Waals surface area contributed by atoms with Crippen LogP contribution < -0.4 is 0 Å². The number of azo groups is 1. The van der Waals surface area contributed by atoms with E-state index in [1.165, 1.54) is 6.07 Å². The molecule has 0 radical (unpaired) electrons. The molecule has 116 valence electrons. The molecular weight excluding hydrogens is 427 g/mol. The van der Waals surface area contributed by atoms with Crippen LogP contribution in [0, 0.1) is 3.57 Å². The third-order valence-corrected chi connectivity index (χ3v) is 4.81. The van der Waals surface area contributed by atoms with Gasteiger partial charge in [0.15, 0.2) is 0 Å². The maximum Gasteiger partial charge on any atom is 0.295 e. The number of benzene rings is 3. The molecule has 0 unspecified atom stereocenters. The molecule has 1 N–H and O–H groups in total. The highest BCUT2D eigenvalue weighted by molar-refractivity contribution is 14.1. The van der Waals surface area contributed by atoms with Crippen LogP contribution in [0.5, 0.6) is 0 Å². The van der Waals surface area contributed by atoms with Crippen molar-refractivity contribution in [2.75, 3.05) is 0 Å². The molecule has 7 heteroatoms. The maximum absolute atomic E-state index is 11.6. The number of halogens is 1. The molecule has 23 heavy (non-hydrogen) atoms. The van der Waals surface area contributed by atoms with E-state index in [9.17, 15) is 13.0 Å². The predicted octanol–water partition coefficient (Wildman–Crippen LogP) is 5.11. The summed E-state index contributed by atoms with van der Waals surface area (Å²) >= 11 is 2.19. The maximum atomic E-state index is 11.6. The lowest BCUT2D eigenvalue weighted by molar-refractivity contribution is 0.484. The van der Waals surface area contributed by atoms with E-state index >= 15 is 0 Å². The predicted molar refractivity (Wildman–Crippen MR) is 97.1 cm³/mol. The van der Waals surface area contributed by atoms with Crippen molar-refractivity contribution < 1.29 is 13.0 Å². The lowest BCUT2D eigenvalue weighted by Gasteiger charge is -2.05. The third kappa shape index (κ3) is 3.74. The van der Waals surface area contributed by atoms with Crippen molar-refractivity contribution in [3.8, 4) is 0 Å². The zero-order chi connectivity index (χ0) is 16.4. The van der Waals surface area contributed by atoms with Crippen LogP contribution >= 0.6 is 22.6 Å². The Labute approximate surface area is 147 Å². The van der Waals surface area contributed by atoms with E-state index in [-0.39, 0.29) is 4.90 Å². The molecule has 0 amide bonds. The normalized spacial score (nSPS) is 12.1. The Bertz CT molecular complexity index is 1000. The summed E-state index contributed by atoms with van der Waals surface area (Å²) < 4.78 is 33.7. The molecule has 3 aromatic rings. The van der Waals surface area contributed by atoms with Crippen molar-refractivity contribution in [3.63, 3.8) is 0 Å². The Hall–Kier alpha value is -1.84. The quantitative estimate of drug-likeness (QED) is 0.351. The Kier molecular flexibility index (Phi) is 4.42. The van der Waals surface area contributed by atoms with Gasteiger partial charge in [-0.25, -0.2) is 0 Å². The van der Waals surface area contributed by atoms with Gasteiger partial charge in [0.05, 0.1) is 11.4 Å². The molecule has 0 saturated carbocycles. The van der Waals surface area contributed by atoms with E-state index in [0.29, 0.717) is 22.1 Å². The zero-order valence-corrected chi connectivity index (χ0v) is 14.7. The highest BCUT2D eigenvalue weighted by Crippen LogP contribution is 2.30. The molecule has 0 spiro atoms. The summed E-state index contributed by atoms with van der Waals surface area (Å²) in [7, 11) is -4.34. The van der Waals surface area contributed by atoms with Crippen LogP contribution in [0.4, 0.5) is 11.4 Å². The van der Waals surface area contributed by atoms with Crippen LogP contribution in [0.25, 0.3) is 10.8 Å². The molecule has 3 rings (SSSR count). The Morgan fingerprint density at radius 3 is 2.22 bits per heavy atom. The fourth-order valence-electron chi connectivity index (χ4n) is 2.15. The molecule has 0 aromatic heterocycles. The highest BCUT2D eigenvalue weighted by Gasteiger charge is 2.15. The summed E-state index contributed by atoms with van der Waals surface area (Å²) in [5.74, 6) is 0. The minimum absolute atomic E-state index is 0.174. The van der Waals surface area contributed by atoms with Gasteiger partial charge in [-0.15, -0.1) is 0 Å². The van der Waals surface area contributed by atoms with E-state index in [4.69, 9.17) is 0 Å². The molecule has 0 aliphatic heterocycles.